The van der Waals surface area contributed by atoms with Crippen LogP contribution in [0.15, 0.2) is 36.4 Å². The SMILES string of the molecule is COC(=O)N1CCCC1C(=O)C1C(=O)c2ccc(-c3ccc4c(c3)C(=O)C(C(=O)[C@@H]3CCCN3C(=O)OC)C4=O)cc2C1=O. The molecule has 2 saturated heterocycles. The summed E-state index contributed by atoms with van der Waals surface area (Å²) in [6, 6.07) is 7.10. The maximum Gasteiger partial charge on any atom is 0.410 e. The van der Waals surface area contributed by atoms with E-state index in [1.165, 1.54) is 48.3 Å². The highest BCUT2D eigenvalue weighted by Gasteiger charge is 2.50. The lowest BCUT2D eigenvalue weighted by Gasteiger charge is -2.23. The Labute approximate surface area is 251 Å². The number of Topliss-reactive ketones (excluding diaryl/α,β-unsaturated/α-hetero) is 6. The number of hydrogen-bond donors (Lipinski definition) is 0. The van der Waals surface area contributed by atoms with Gasteiger partial charge in [-0.3, -0.25) is 38.6 Å². The molecule has 226 valence electrons. The average molecular weight is 601 g/mol. The number of hydrogen-bond acceptors (Lipinski definition) is 10. The molecular formula is C32H28N2O10. The minimum atomic E-state index is -1.57. The summed E-state index contributed by atoms with van der Waals surface area (Å²) in [6.45, 7) is 0.566. The molecule has 0 radical (unpaired) electrons. The van der Waals surface area contributed by atoms with Crippen molar-refractivity contribution in [3.63, 3.8) is 0 Å². The van der Waals surface area contributed by atoms with Gasteiger partial charge in [-0.15, -0.1) is 0 Å². The van der Waals surface area contributed by atoms with Crippen LogP contribution in [0.1, 0.15) is 67.1 Å². The number of nitrogens with zero attached hydrogens (tertiary/aromatic N) is 2. The molecule has 2 aromatic rings. The third-order valence-corrected chi connectivity index (χ3v) is 9.03. The van der Waals surface area contributed by atoms with Gasteiger partial charge in [-0.05, 0) is 48.9 Å². The summed E-state index contributed by atoms with van der Waals surface area (Å²) in [5.41, 5.74) is 1.19. The topological polar surface area (TPSA) is 162 Å². The Bertz CT molecular complexity index is 1570. The van der Waals surface area contributed by atoms with Crippen LogP contribution in [-0.4, -0.2) is 96.1 Å². The molecule has 0 bridgehead atoms. The summed E-state index contributed by atoms with van der Waals surface area (Å²) in [4.78, 5) is 107. The summed E-state index contributed by atoms with van der Waals surface area (Å²) in [5.74, 6) is -7.04. The Morgan fingerprint density at radius 2 is 0.955 bits per heavy atom. The normalized spacial score (nSPS) is 24.0. The second-order valence-electron chi connectivity index (χ2n) is 11.3. The van der Waals surface area contributed by atoms with E-state index in [4.69, 9.17) is 9.47 Å². The van der Waals surface area contributed by atoms with E-state index in [9.17, 15) is 38.4 Å². The first-order chi connectivity index (χ1) is 21.1. The van der Waals surface area contributed by atoms with Crippen LogP contribution < -0.4 is 0 Å². The van der Waals surface area contributed by atoms with Crippen molar-refractivity contribution in [2.45, 2.75) is 37.8 Å². The summed E-state index contributed by atoms with van der Waals surface area (Å²) >= 11 is 0. The summed E-state index contributed by atoms with van der Waals surface area (Å²) < 4.78 is 9.50. The van der Waals surface area contributed by atoms with Gasteiger partial charge in [-0.2, -0.15) is 0 Å². The Balaban J connectivity index is 1.26. The number of carbonyl (C=O) groups excluding carboxylic acids is 8. The quantitative estimate of drug-likeness (QED) is 0.467. The van der Waals surface area contributed by atoms with E-state index in [-0.39, 0.29) is 35.3 Å². The zero-order valence-electron chi connectivity index (χ0n) is 24.0. The van der Waals surface area contributed by atoms with Crippen molar-refractivity contribution in [3.8, 4) is 11.1 Å². The first-order valence-electron chi connectivity index (χ1n) is 14.3. The average Bonchev–Trinajstić information content (AvgIpc) is 3.82. The number of methoxy groups -OCH3 is 2. The van der Waals surface area contributed by atoms with Crippen LogP contribution >= 0.6 is 0 Å². The predicted molar refractivity (Wildman–Crippen MR) is 150 cm³/mol. The maximum absolute atomic E-state index is 13.4. The third kappa shape index (κ3) is 4.35. The van der Waals surface area contributed by atoms with Gasteiger partial charge in [0.05, 0.1) is 26.3 Å². The summed E-state index contributed by atoms with van der Waals surface area (Å²) in [5, 5.41) is 0. The lowest BCUT2D eigenvalue weighted by atomic mass is 9.92. The van der Waals surface area contributed by atoms with Gasteiger partial charge in [0, 0.05) is 35.3 Å². The molecule has 4 aliphatic rings. The van der Waals surface area contributed by atoms with Crippen molar-refractivity contribution < 1.29 is 47.8 Å². The highest BCUT2D eigenvalue weighted by atomic mass is 16.5. The number of ketones is 6. The third-order valence-electron chi connectivity index (χ3n) is 9.03. The molecule has 2 heterocycles. The van der Waals surface area contributed by atoms with E-state index in [0.29, 0.717) is 36.8 Å². The first kappa shape index (κ1) is 29.1. The Morgan fingerprint density at radius 3 is 1.32 bits per heavy atom. The first-order valence-corrected chi connectivity index (χ1v) is 14.3. The molecule has 0 saturated carbocycles. The molecule has 0 N–H and O–H groups in total. The van der Waals surface area contributed by atoms with Crippen molar-refractivity contribution in [3.05, 3.63) is 58.7 Å². The fourth-order valence-corrected chi connectivity index (χ4v) is 6.84. The second kappa shape index (κ2) is 10.9. The Kier molecular flexibility index (Phi) is 7.22. The van der Waals surface area contributed by atoms with Crippen LogP contribution in [0.3, 0.4) is 0 Å². The van der Waals surface area contributed by atoms with Gasteiger partial charge in [0.1, 0.15) is 11.8 Å². The molecule has 2 aliphatic heterocycles. The monoisotopic (exact) mass is 600 g/mol. The van der Waals surface area contributed by atoms with Crippen molar-refractivity contribution in [1.82, 2.24) is 9.80 Å². The maximum atomic E-state index is 13.4. The van der Waals surface area contributed by atoms with Crippen LogP contribution in [0.2, 0.25) is 0 Å². The molecule has 2 aliphatic carbocycles. The van der Waals surface area contributed by atoms with Crippen molar-refractivity contribution in [2.24, 2.45) is 11.8 Å². The van der Waals surface area contributed by atoms with Crippen molar-refractivity contribution in [1.29, 1.82) is 0 Å². The molecule has 3 unspecified atom stereocenters. The fourth-order valence-electron chi connectivity index (χ4n) is 6.84. The van der Waals surface area contributed by atoms with E-state index >= 15 is 0 Å². The van der Waals surface area contributed by atoms with Gasteiger partial charge in [0.2, 0.25) is 0 Å². The molecule has 12 heteroatoms. The minimum absolute atomic E-state index is 0.0496. The fraction of sp³-hybridized carbons (Fsp3) is 0.375. The lowest BCUT2D eigenvalue weighted by molar-refractivity contribution is -0.125. The smallest absolute Gasteiger partial charge is 0.410 e. The van der Waals surface area contributed by atoms with E-state index in [1.54, 1.807) is 12.1 Å². The predicted octanol–water partition coefficient (Wildman–Crippen LogP) is 2.94. The van der Waals surface area contributed by atoms with E-state index in [1.807, 2.05) is 0 Å². The van der Waals surface area contributed by atoms with Gasteiger partial charge in [-0.1, -0.05) is 24.3 Å². The standard InChI is InChI=1S/C32H28N2O10/c1-43-31(41)33-11-3-5-21(33)29(39)23-25(35)17-9-7-15(13-19(17)27(23)37)16-8-10-18-20(14-16)28(38)24(26(18)36)30(40)22-6-4-12-34(22)32(42)44-2/h7-10,13-14,21-24H,3-6,11-12H2,1-2H3/t21-,22?,23?,24?/m0/s1. The Morgan fingerprint density at radius 1 is 0.591 bits per heavy atom. The van der Waals surface area contributed by atoms with E-state index < -0.39 is 70.8 Å². The molecule has 4 atom stereocenters. The van der Waals surface area contributed by atoms with E-state index in [2.05, 4.69) is 0 Å². The molecule has 44 heavy (non-hydrogen) atoms. The van der Waals surface area contributed by atoms with Crippen molar-refractivity contribution >= 4 is 46.9 Å². The molecule has 0 spiro atoms. The number of benzene rings is 2. The second-order valence-corrected chi connectivity index (χ2v) is 11.3. The molecule has 0 aromatic heterocycles. The number of ether oxygens (including phenoxy) is 2. The van der Waals surface area contributed by atoms with Crippen molar-refractivity contribution in [2.75, 3.05) is 27.3 Å². The van der Waals surface area contributed by atoms with Crippen LogP contribution in [0.25, 0.3) is 11.1 Å². The highest BCUT2D eigenvalue weighted by Crippen LogP contribution is 2.37. The van der Waals surface area contributed by atoms with E-state index in [0.717, 1.165) is 0 Å². The lowest BCUT2D eigenvalue weighted by Crippen LogP contribution is -2.45. The number of carbonyl (C=O) groups is 8. The number of fused-ring (bicyclic) bond motifs is 2. The van der Waals surface area contributed by atoms with Gasteiger partial charge in [-0.25, -0.2) is 9.59 Å². The van der Waals surface area contributed by atoms with Gasteiger partial charge < -0.3 is 9.47 Å². The summed E-state index contributed by atoms with van der Waals surface area (Å²) in [6.07, 6.45) is 0.313. The van der Waals surface area contributed by atoms with Crippen LogP contribution in [0.4, 0.5) is 9.59 Å². The van der Waals surface area contributed by atoms with Gasteiger partial charge in [0.25, 0.3) is 0 Å². The molecule has 2 aromatic carbocycles. The molecule has 2 fully saturated rings. The number of amides is 2. The van der Waals surface area contributed by atoms with Crippen LogP contribution in [0, 0.1) is 11.8 Å². The minimum Gasteiger partial charge on any atom is -0.453 e. The molecule has 2 amide bonds. The highest BCUT2D eigenvalue weighted by molar-refractivity contribution is 6.37. The van der Waals surface area contributed by atoms with Crippen LogP contribution in [0.5, 0.6) is 0 Å². The molecular weight excluding hydrogens is 572 g/mol. The zero-order chi connectivity index (χ0) is 31.4. The zero-order valence-corrected chi connectivity index (χ0v) is 24.0. The number of likely N-dealkylation sites (tertiary alicyclic amines) is 2. The summed E-state index contributed by atoms with van der Waals surface area (Å²) in [7, 11) is 2.39. The number of rotatable bonds is 5. The Hall–Kier alpha value is -5.00. The molecule has 12 nitrogen and oxygen atoms in total. The van der Waals surface area contributed by atoms with Gasteiger partial charge >= 0.3 is 12.2 Å². The van der Waals surface area contributed by atoms with Crippen LogP contribution in [-0.2, 0) is 19.1 Å². The largest absolute Gasteiger partial charge is 0.453 e. The molecule has 6 rings (SSSR count). The van der Waals surface area contributed by atoms with Gasteiger partial charge in [0.15, 0.2) is 34.7 Å².